The van der Waals surface area contributed by atoms with Gasteiger partial charge in [-0.05, 0) is 27.2 Å². The predicted octanol–water partition coefficient (Wildman–Crippen LogP) is 2.44. The zero-order valence-electron chi connectivity index (χ0n) is 9.91. The molecule has 3 nitrogen and oxygen atoms in total. The second-order valence-corrected chi connectivity index (χ2v) is 5.39. The van der Waals surface area contributed by atoms with Gasteiger partial charge in [0, 0.05) is 30.8 Å². The summed E-state index contributed by atoms with van der Waals surface area (Å²) >= 11 is 1.68. The van der Waals surface area contributed by atoms with Crippen molar-refractivity contribution >= 4 is 11.3 Å². The van der Waals surface area contributed by atoms with Crippen LogP contribution in [0.15, 0.2) is 11.7 Å². The van der Waals surface area contributed by atoms with Gasteiger partial charge in [0.1, 0.15) is 0 Å². The molecule has 0 aliphatic carbocycles. The molecule has 1 rings (SSSR count). The molecule has 0 amide bonds. The first-order valence-electron chi connectivity index (χ1n) is 5.19. The van der Waals surface area contributed by atoms with Gasteiger partial charge < -0.3 is 10.1 Å². The Morgan fingerprint density at radius 3 is 2.87 bits per heavy atom. The highest BCUT2D eigenvalue weighted by molar-refractivity contribution is 7.09. The maximum atomic E-state index is 5.40. The largest absolute Gasteiger partial charge is 0.379 e. The smallest absolute Gasteiger partial charge is 0.0794 e. The molecule has 0 saturated heterocycles. The molecule has 1 heterocycles. The Kier molecular flexibility index (Phi) is 4.70. The highest BCUT2D eigenvalue weighted by Crippen LogP contribution is 2.15. The first-order valence-corrected chi connectivity index (χ1v) is 6.07. The number of nitrogens with one attached hydrogen (secondary N) is 1. The van der Waals surface area contributed by atoms with Crippen LogP contribution >= 0.6 is 11.3 Å². The minimum Gasteiger partial charge on any atom is -0.379 e. The van der Waals surface area contributed by atoms with E-state index in [1.165, 1.54) is 4.88 Å². The van der Waals surface area contributed by atoms with Crippen molar-refractivity contribution < 1.29 is 4.74 Å². The molecule has 0 bridgehead atoms. The van der Waals surface area contributed by atoms with Crippen LogP contribution in [-0.4, -0.2) is 23.7 Å². The predicted molar refractivity (Wildman–Crippen MR) is 64.1 cm³/mol. The third kappa shape index (κ3) is 4.73. The van der Waals surface area contributed by atoms with E-state index in [0.717, 1.165) is 13.0 Å². The van der Waals surface area contributed by atoms with E-state index < -0.39 is 0 Å². The molecular formula is C11H20N2OS. The van der Waals surface area contributed by atoms with Gasteiger partial charge in [-0.15, -0.1) is 11.3 Å². The zero-order chi connectivity index (χ0) is 11.3. The molecule has 1 aromatic rings. The second-order valence-electron chi connectivity index (χ2n) is 4.42. The fourth-order valence-corrected chi connectivity index (χ4v) is 2.04. The van der Waals surface area contributed by atoms with Crippen molar-refractivity contribution in [2.24, 2.45) is 0 Å². The molecule has 0 radical (unpaired) electrons. The summed E-state index contributed by atoms with van der Waals surface area (Å²) in [6, 6.07) is 0.446. The molecule has 0 fully saturated rings. The third-order valence-electron chi connectivity index (χ3n) is 2.46. The van der Waals surface area contributed by atoms with E-state index in [4.69, 9.17) is 4.74 Å². The first kappa shape index (κ1) is 12.6. The minimum absolute atomic E-state index is 0.0554. The molecule has 0 spiro atoms. The van der Waals surface area contributed by atoms with Crippen molar-refractivity contribution in [2.75, 3.05) is 7.11 Å². The summed E-state index contributed by atoms with van der Waals surface area (Å²) in [5.74, 6) is 0. The van der Waals surface area contributed by atoms with E-state index in [1.54, 1.807) is 18.4 Å². The van der Waals surface area contributed by atoms with Crippen LogP contribution in [0.25, 0.3) is 0 Å². The van der Waals surface area contributed by atoms with Crippen LogP contribution in [0, 0.1) is 0 Å². The summed E-state index contributed by atoms with van der Waals surface area (Å²) < 4.78 is 5.40. The maximum Gasteiger partial charge on any atom is 0.0794 e. The number of thiazole rings is 1. The fraction of sp³-hybridized carbons (Fsp3) is 0.727. The van der Waals surface area contributed by atoms with Gasteiger partial charge in [0.05, 0.1) is 11.1 Å². The molecule has 1 aromatic heterocycles. The molecule has 15 heavy (non-hydrogen) atoms. The number of ether oxygens (including phenoxy) is 1. The summed E-state index contributed by atoms with van der Waals surface area (Å²) in [6.45, 7) is 7.29. The minimum atomic E-state index is -0.0554. The highest BCUT2D eigenvalue weighted by atomic mass is 32.1. The standard InChI is InChI=1S/C11H20N2OS/c1-9(5-11(2,3)14-4)13-7-10-6-12-8-15-10/h6,8-9,13H,5,7H2,1-4H3. The Hall–Kier alpha value is -0.450. The third-order valence-corrected chi connectivity index (χ3v) is 3.24. The number of rotatable bonds is 6. The SMILES string of the molecule is COC(C)(C)CC(C)NCc1cncs1. The van der Waals surface area contributed by atoms with Gasteiger partial charge in [0.2, 0.25) is 0 Å². The molecule has 4 heteroatoms. The highest BCUT2D eigenvalue weighted by Gasteiger charge is 2.19. The Bertz CT molecular complexity index is 272. The lowest BCUT2D eigenvalue weighted by molar-refractivity contribution is 0.00846. The number of hydrogen-bond donors (Lipinski definition) is 1. The molecule has 86 valence electrons. The van der Waals surface area contributed by atoms with E-state index >= 15 is 0 Å². The average molecular weight is 228 g/mol. The van der Waals surface area contributed by atoms with Crippen molar-refractivity contribution in [1.82, 2.24) is 10.3 Å². The van der Waals surface area contributed by atoms with Gasteiger partial charge in [-0.2, -0.15) is 0 Å². The van der Waals surface area contributed by atoms with Gasteiger partial charge in [-0.1, -0.05) is 0 Å². The topological polar surface area (TPSA) is 34.1 Å². The van der Waals surface area contributed by atoms with Crippen LogP contribution in [0.4, 0.5) is 0 Å². The Morgan fingerprint density at radius 2 is 2.33 bits per heavy atom. The number of aromatic nitrogens is 1. The van der Waals surface area contributed by atoms with Gasteiger partial charge in [-0.3, -0.25) is 4.98 Å². The van der Waals surface area contributed by atoms with Crippen molar-refractivity contribution in [2.45, 2.75) is 45.4 Å². The summed E-state index contributed by atoms with van der Waals surface area (Å²) in [7, 11) is 1.76. The summed E-state index contributed by atoms with van der Waals surface area (Å²) in [5.41, 5.74) is 1.81. The van der Waals surface area contributed by atoms with Crippen LogP contribution in [0.1, 0.15) is 32.1 Å². The summed E-state index contributed by atoms with van der Waals surface area (Å²) in [6.07, 6.45) is 2.91. The number of nitrogens with zero attached hydrogens (tertiary/aromatic N) is 1. The molecule has 0 aliphatic heterocycles. The Morgan fingerprint density at radius 1 is 1.60 bits per heavy atom. The van der Waals surface area contributed by atoms with Crippen LogP contribution in [0.3, 0.4) is 0 Å². The lowest BCUT2D eigenvalue weighted by Crippen LogP contribution is -2.35. The van der Waals surface area contributed by atoms with Crippen LogP contribution in [-0.2, 0) is 11.3 Å². The lowest BCUT2D eigenvalue weighted by Gasteiger charge is -2.27. The molecular weight excluding hydrogens is 208 g/mol. The van der Waals surface area contributed by atoms with Crippen molar-refractivity contribution in [3.63, 3.8) is 0 Å². The average Bonchev–Trinajstić information content (AvgIpc) is 2.66. The van der Waals surface area contributed by atoms with Crippen molar-refractivity contribution in [3.8, 4) is 0 Å². The molecule has 0 aromatic carbocycles. The quantitative estimate of drug-likeness (QED) is 0.812. The van der Waals surface area contributed by atoms with Gasteiger partial charge >= 0.3 is 0 Å². The van der Waals surface area contributed by atoms with E-state index in [1.807, 2.05) is 11.7 Å². The maximum absolute atomic E-state index is 5.40. The molecule has 1 N–H and O–H groups in total. The van der Waals surface area contributed by atoms with Gasteiger partial charge in [-0.25, -0.2) is 0 Å². The van der Waals surface area contributed by atoms with Crippen molar-refractivity contribution in [1.29, 1.82) is 0 Å². The Balaban J connectivity index is 2.27. The van der Waals surface area contributed by atoms with E-state index in [0.29, 0.717) is 6.04 Å². The number of methoxy groups -OCH3 is 1. The monoisotopic (exact) mass is 228 g/mol. The molecule has 1 atom stereocenters. The molecule has 1 unspecified atom stereocenters. The fourth-order valence-electron chi connectivity index (χ4n) is 1.50. The molecule has 0 aliphatic rings. The van der Waals surface area contributed by atoms with E-state index in [2.05, 4.69) is 31.1 Å². The summed E-state index contributed by atoms with van der Waals surface area (Å²) in [5, 5.41) is 3.47. The van der Waals surface area contributed by atoms with Crippen LogP contribution in [0.2, 0.25) is 0 Å². The number of hydrogen-bond acceptors (Lipinski definition) is 4. The van der Waals surface area contributed by atoms with Crippen LogP contribution < -0.4 is 5.32 Å². The van der Waals surface area contributed by atoms with Gasteiger partial charge in [0.25, 0.3) is 0 Å². The first-order chi connectivity index (χ1) is 7.03. The van der Waals surface area contributed by atoms with Gasteiger partial charge in [0.15, 0.2) is 0 Å². The Labute approximate surface area is 95.9 Å². The normalized spacial score (nSPS) is 14.1. The molecule has 0 saturated carbocycles. The van der Waals surface area contributed by atoms with E-state index in [-0.39, 0.29) is 5.60 Å². The second kappa shape index (κ2) is 5.58. The lowest BCUT2D eigenvalue weighted by atomic mass is 10.00. The zero-order valence-corrected chi connectivity index (χ0v) is 10.7. The van der Waals surface area contributed by atoms with Crippen LogP contribution in [0.5, 0.6) is 0 Å². The van der Waals surface area contributed by atoms with Crippen molar-refractivity contribution in [3.05, 3.63) is 16.6 Å². The van der Waals surface area contributed by atoms with E-state index in [9.17, 15) is 0 Å². The summed E-state index contributed by atoms with van der Waals surface area (Å²) in [4.78, 5) is 5.32.